The number of ketones is 2. The van der Waals surface area contributed by atoms with E-state index in [0.29, 0.717) is 12.8 Å². The number of carbonyl (C=O) groups excluding carboxylic acids is 3. The van der Waals surface area contributed by atoms with Crippen molar-refractivity contribution in [1.82, 2.24) is 5.32 Å². The van der Waals surface area contributed by atoms with Gasteiger partial charge in [-0.2, -0.15) is 0 Å². The molecule has 0 saturated carbocycles. The van der Waals surface area contributed by atoms with Crippen molar-refractivity contribution in [2.45, 2.75) is 46.6 Å². The number of hydrogen-bond acceptors (Lipinski definition) is 4. The number of carbonyl (C=O) groups is 3. The van der Waals surface area contributed by atoms with E-state index in [-0.39, 0.29) is 18.2 Å². The van der Waals surface area contributed by atoms with Crippen molar-refractivity contribution in [3.8, 4) is 0 Å². The molecular formula is C12H21NO4. The lowest BCUT2D eigenvalue weighted by molar-refractivity contribution is -0.133. The van der Waals surface area contributed by atoms with Gasteiger partial charge < -0.3 is 10.1 Å². The molecule has 0 aliphatic carbocycles. The summed E-state index contributed by atoms with van der Waals surface area (Å²) in [5.74, 6) is -0.973. The summed E-state index contributed by atoms with van der Waals surface area (Å²) in [5, 5.41) is 2.41. The number of amides is 1. The van der Waals surface area contributed by atoms with Gasteiger partial charge in [-0.1, -0.05) is 13.8 Å². The fourth-order valence-electron chi connectivity index (χ4n) is 1.56. The summed E-state index contributed by atoms with van der Waals surface area (Å²) >= 11 is 0. The highest BCUT2D eigenvalue weighted by Crippen LogP contribution is 2.10. The minimum Gasteiger partial charge on any atom is -0.450 e. The van der Waals surface area contributed by atoms with Gasteiger partial charge in [0.1, 0.15) is 5.78 Å². The molecule has 0 bridgehead atoms. The Bertz CT molecular complexity index is 288. The molecule has 0 aromatic carbocycles. The highest BCUT2D eigenvalue weighted by Gasteiger charge is 2.28. The summed E-state index contributed by atoms with van der Waals surface area (Å²) < 4.78 is 4.68. The second kappa shape index (κ2) is 7.81. The first-order valence-electron chi connectivity index (χ1n) is 5.97. The van der Waals surface area contributed by atoms with E-state index in [1.165, 1.54) is 0 Å². The first-order chi connectivity index (χ1) is 7.97. The third-order valence-electron chi connectivity index (χ3n) is 2.53. The van der Waals surface area contributed by atoms with E-state index in [4.69, 9.17) is 0 Å². The number of nitrogens with one attached hydrogen (secondary N) is 1. The van der Waals surface area contributed by atoms with Crippen molar-refractivity contribution in [1.29, 1.82) is 0 Å². The smallest absolute Gasteiger partial charge is 0.407 e. The van der Waals surface area contributed by atoms with E-state index in [2.05, 4.69) is 10.1 Å². The van der Waals surface area contributed by atoms with Crippen LogP contribution in [0.2, 0.25) is 0 Å². The van der Waals surface area contributed by atoms with Gasteiger partial charge in [0.25, 0.3) is 0 Å². The topological polar surface area (TPSA) is 72.5 Å². The molecule has 0 aromatic rings. The van der Waals surface area contributed by atoms with Gasteiger partial charge in [-0.05, 0) is 20.3 Å². The molecule has 0 rings (SSSR count). The van der Waals surface area contributed by atoms with Crippen molar-refractivity contribution in [2.75, 3.05) is 6.61 Å². The largest absolute Gasteiger partial charge is 0.450 e. The summed E-state index contributed by atoms with van der Waals surface area (Å²) in [4.78, 5) is 34.6. The molecule has 0 aliphatic rings. The van der Waals surface area contributed by atoms with Gasteiger partial charge in [0.15, 0.2) is 5.78 Å². The van der Waals surface area contributed by atoms with E-state index in [1.807, 2.05) is 0 Å². The number of Topliss-reactive ketones (excluding diaryl/α,β-unsaturated/α-hetero) is 2. The fourth-order valence-corrected chi connectivity index (χ4v) is 1.56. The van der Waals surface area contributed by atoms with Crippen LogP contribution in [0, 0.1) is 5.92 Å². The molecule has 1 amide bonds. The molecule has 1 unspecified atom stereocenters. The SMILES string of the molecule is CCOC(=O)N[C@@H](C)C(=O)C(CC)C(=O)CC. The van der Waals surface area contributed by atoms with Crippen LogP contribution in [0.1, 0.15) is 40.5 Å². The minimum absolute atomic E-state index is 0.0880. The van der Waals surface area contributed by atoms with Crippen molar-refractivity contribution < 1.29 is 19.1 Å². The molecule has 0 saturated heterocycles. The first-order valence-corrected chi connectivity index (χ1v) is 5.97. The van der Waals surface area contributed by atoms with E-state index < -0.39 is 18.1 Å². The molecule has 2 atom stereocenters. The Morgan fingerprint density at radius 1 is 1.18 bits per heavy atom. The molecule has 5 heteroatoms. The molecular weight excluding hydrogens is 222 g/mol. The zero-order valence-corrected chi connectivity index (χ0v) is 10.9. The molecule has 17 heavy (non-hydrogen) atoms. The maximum Gasteiger partial charge on any atom is 0.407 e. The lowest BCUT2D eigenvalue weighted by atomic mass is 9.91. The molecule has 0 fully saturated rings. The molecule has 5 nitrogen and oxygen atoms in total. The van der Waals surface area contributed by atoms with Crippen LogP contribution in [0.3, 0.4) is 0 Å². The van der Waals surface area contributed by atoms with Crippen molar-refractivity contribution in [2.24, 2.45) is 5.92 Å². The average Bonchev–Trinajstić information content (AvgIpc) is 2.29. The van der Waals surface area contributed by atoms with Gasteiger partial charge in [-0.3, -0.25) is 9.59 Å². The van der Waals surface area contributed by atoms with Crippen LogP contribution in [-0.4, -0.2) is 30.3 Å². The van der Waals surface area contributed by atoms with Gasteiger partial charge in [-0.25, -0.2) is 4.79 Å². The van der Waals surface area contributed by atoms with Crippen LogP contribution < -0.4 is 5.32 Å². The standard InChI is InChI=1S/C12H21NO4/c1-5-9(10(14)6-2)11(15)8(4)13-12(16)17-7-3/h8-9H,5-7H2,1-4H3,(H,13,16)/t8-,9?/m0/s1. The van der Waals surface area contributed by atoms with E-state index in [0.717, 1.165) is 0 Å². The molecule has 0 aliphatic heterocycles. The Kier molecular flexibility index (Phi) is 7.18. The third kappa shape index (κ3) is 4.97. The predicted molar refractivity (Wildman–Crippen MR) is 63.7 cm³/mol. The number of alkyl carbamates (subject to hydrolysis) is 1. The maximum absolute atomic E-state index is 11.9. The van der Waals surface area contributed by atoms with Gasteiger partial charge in [-0.15, -0.1) is 0 Å². The Labute approximate surface area is 102 Å². The van der Waals surface area contributed by atoms with Gasteiger partial charge in [0.2, 0.25) is 0 Å². The zero-order chi connectivity index (χ0) is 13.4. The third-order valence-corrected chi connectivity index (χ3v) is 2.53. The average molecular weight is 243 g/mol. The Hall–Kier alpha value is -1.39. The van der Waals surface area contributed by atoms with Crippen LogP contribution in [0.15, 0.2) is 0 Å². The molecule has 0 aromatic heterocycles. The van der Waals surface area contributed by atoms with Crippen LogP contribution in [0.25, 0.3) is 0 Å². The number of ether oxygens (including phenoxy) is 1. The lowest BCUT2D eigenvalue weighted by Crippen LogP contribution is -2.43. The highest BCUT2D eigenvalue weighted by atomic mass is 16.5. The fraction of sp³-hybridized carbons (Fsp3) is 0.750. The van der Waals surface area contributed by atoms with Crippen LogP contribution >= 0.6 is 0 Å². The minimum atomic E-state index is -0.700. The molecule has 0 radical (unpaired) electrons. The summed E-state index contributed by atoms with van der Waals surface area (Å²) in [6.45, 7) is 7.00. The van der Waals surface area contributed by atoms with E-state index in [9.17, 15) is 14.4 Å². The normalized spacial score (nSPS) is 13.6. The molecule has 98 valence electrons. The van der Waals surface area contributed by atoms with E-state index >= 15 is 0 Å². The predicted octanol–water partition coefficient (Wildman–Crippen LogP) is 1.70. The summed E-state index contributed by atoms with van der Waals surface area (Å²) in [7, 11) is 0. The lowest BCUT2D eigenvalue weighted by Gasteiger charge is -2.18. The Balaban J connectivity index is 4.46. The van der Waals surface area contributed by atoms with Gasteiger partial charge in [0, 0.05) is 6.42 Å². The maximum atomic E-state index is 11.9. The first kappa shape index (κ1) is 15.6. The summed E-state index contributed by atoms with van der Waals surface area (Å²) in [5.41, 5.74) is 0. The molecule has 0 spiro atoms. The monoisotopic (exact) mass is 243 g/mol. The summed E-state index contributed by atoms with van der Waals surface area (Å²) in [6.07, 6.45) is 0.156. The number of rotatable bonds is 7. The van der Waals surface area contributed by atoms with Crippen LogP contribution in [0.4, 0.5) is 4.79 Å². The Morgan fingerprint density at radius 3 is 2.18 bits per heavy atom. The quantitative estimate of drug-likeness (QED) is 0.691. The second-order valence-electron chi connectivity index (χ2n) is 3.77. The van der Waals surface area contributed by atoms with Crippen LogP contribution in [-0.2, 0) is 14.3 Å². The van der Waals surface area contributed by atoms with Crippen LogP contribution in [0.5, 0.6) is 0 Å². The summed E-state index contributed by atoms with van der Waals surface area (Å²) in [6, 6.07) is -0.700. The van der Waals surface area contributed by atoms with Crippen molar-refractivity contribution in [3.05, 3.63) is 0 Å². The molecule has 1 N–H and O–H groups in total. The van der Waals surface area contributed by atoms with E-state index in [1.54, 1.807) is 27.7 Å². The molecule has 0 heterocycles. The highest BCUT2D eigenvalue weighted by molar-refractivity contribution is 6.05. The zero-order valence-electron chi connectivity index (χ0n) is 10.9. The second-order valence-corrected chi connectivity index (χ2v) is 3.77. The van der Waals surface area contributed by atoms with Gasteiger partial charge >= 0.3 is 6.09 Å². The van der Waals surface area contributed by atoms with Crippen molar-refractivity contribution >= 4 is 17.7 Å². The Morgan fingerprint density at radius 2 is 1.76 bits per heavy atom. The van der Waals surface area contributed by atoms with Crippen molar-refractivity contribution in [3.63, 3.8) is 0 Å². The van der Waals surface area contributed by atoms with Gasteiger partial charge in [0.05, 0.1) is 18.6 Å². The number of hydrogen-bond donors (Lipinski definition) is 1.